The van der Waals surface area contributed by atoms with Gasteiger partial charge in [-0.1, -0.05) is 6.07 Å². The van der Waals surface area contributed by atoms with Crippen molar-refractivity contribution < 1.29 is 23.5 Å². The van der Waals surface area contributed by atoms with Gasteiger partial charge in [0, 0.05) is 0 Å². The minimum Gasteiger partial charge on any atom is -0.483 e. The number of rotatable bonds is 6. The topological polar surface area (TPSA) is 77.8 Å². The number of furan rings is 1. The Labute approximate surface area is 134 Å². The Bertz CT molecular complexity index is 678. The molecule has 1 heterocycles. The van der Waals surface area contributed by atoms with Crippen molar-refractivity contribution in [2.24, 2.45) is 0 Å². The van der Waals surface area contributed by atoms with Gasteiger partial charge in [-0.05, 0) is 43.7 Å². The quantitative estimate of drug-likeness (QED) is 0.829. The second kappa shape index (κ2) is 7.49. The van der Waals surface area contributed by atoms with E-state index in [2.05, 4.69) is 10.1 Å². The van der Waals surface area contributed by atoms with E-state index in [0.717, 1.165) is 5.56 Å². The molecule has 0 aliphatic heterocycles. The molecule has 0 bridgehead atoms. The average Bonchev–Trinajstić information content (AvgIpc) is 3.08. The fourth-order valence-electron chi connectivity index (χ4n) is 2.04. The van der Waals surface area contributed by atoms with Crippen molar-refractivity contribution in [3.8, 4) is 5.75 Å². The van der Waals surface area contributed by atoms with Gasteiger partial charge in [0.05, 0.1) is 25.0 Å². The van der Waals surface area contributed by atoms with Gasteiger partial charge >= 0.3 is 5.97 Å². The van der Waals surface area contributed by atoms with Crippen LogP contribution in [-0.4, -0.2) is 25.6 Å². The van der Waals surface area contributed by atoms with E-state index in [-0.39, 0.29) is 18.6 Å². The predicted molar refractivity (Wildman–Crippen MR) is 83.3 cm³/mol. The van der Waals surface area contributed by atoms with Crippen molar-refractivity contribution in [3.63, 3.8) is 0 Å². The number of esters is 1. The van der Waals surface area contributed by atoms with Crippen LogP contribution in [0.1, 0.15) is 34.6 Å². The Kier molecular flexibility index (Phi) is 5.41. The van der Waals surface area contributed by atoms with E-state index in [4.69, 9.17) is 9.15 Å². The highest BCUT2D eigenvalue weighted by molar-refractivity contribution is 5.90. The molecule has 0 radical (unpaired) electrons. The highest BCUT2D eigenvalue weighted by Gasteiger charge is 2.14. The molecule has 122 valence electrons. The van der Waals surface area contributed by atoms with Gasteiger partial charge in [0.25, 0.3) is 5.91 Å². The third-order valence-electron chi connectivity index (χ3n) is 3.32. The fourth-order valence-corrected chi connectivity index (χ4v) is 2.04. The Morgan fingerprint density at radius 2 is 2.09 bits per heavy atom. The van der Waals surface area contributed by atoms with E-state index in [1.54, 1.807) is 36.6 Å². The van der Waals surface area contributed by atoms with Crippen LogP contribution in [0.5, 0.6) is 5.75 Å². The Hall–Kier alpha value is -2.76. The second-order valence-corrected chi connectivity index (χ2v) is 5.07. The first-order valence-electron chi connectivity index (χ1n) is 7.15. The molecule has 1 aromatic heterocycles. The highest BCUT2D eigenvalue weighted by atomic mass is 16.5. The van der Waals surface area contributed by atoms with Crippen molar-refractivity contribution in [2.75, 3.05) is 13.7 Å². The van der Waals surface area contributed by atoms with Crippen molar-refractivity contribution in [2.45, 2.75) is 19.9 Å². The lowest BCUT2D eigenvalue weighted by molar-refractivity contribution is -0.123. The number of hydrogen-bond acceptors (Lipinski definition) is 5. The number of benzene rings is 1. The molecule has 6 nitrogen and oxygen atoms in total. The molecule has 0 aliphatic carbocycles. The third kappa shape index (κ3) is 4.35. The largest absolute Gasteiger partial charge is 0.483 e. The molecule has 23 heavy (non-hydrogen) atoms. The lowest BCUT2D eigenvalue weighted by Gasteiger charge is -2.13. The summed E-state index contributed by atoms with van der Waals surface area (Å²) in [7, 11) is 1.31. The third-order valence-corrected chi connectivity index (χ3v) is 3.32. The van der Waals surface area contributed by atoms with Gasteiger partial charge in [-0.15, -0.1) is 0 Å². The summed E-state index contributed by atoms with van der Waals surface area (Å²) in [5, 5.41) is 2.77. The molecule has 1 N–H and O–H groups in total. The summed E-state index contributed by atoms with van der Waals surface area (Å²) in [5.41, 5.74) is 1.20. The minimum absolute atomic E-state index is 0.156. The van der Waals surface area contributed by atoms with E-state index < -0.39 is 5.97 Å². The van der Waals surface area contributed by atoms with E-state index in [1.807, 2.05) is 13.8 Å². The van der Waals surface area contributed by atoms with Gasteiger partial charge in [0.15, 0.2) is 6.61 Å². The first-order chi connectivity index (χ1) is 11.0. The van der Waals surface area contributed by atoms with Gasteiger partial charge in [-0.3, -0.25) is 4.79 Å². The summed E-state index contributed by atoms with van der Waals surface area (Å²) in [6, 6.07) is 8.25. The number of carbonyl (C=O) groups excluding carboxylic acids is 2. The molecule has 0 unspecified atom stereocenters. The molecule has 1 amide bonds. The van der Waals surface area contributed by atoms with Gasteiger partial charge < -0.3 is 19.2 Å². The minimum atomic E-state index is -0.453. The van der Waals surface area contributed by atoms with E-state index in [0.29, 0.717) is 17.1 Å². The maximum Gasteiger partial charge on any atom is 0.337 e. The zero-order valence-corrected chi connectivity index (χ0v) is 13.3. The lowest BCUT2D eigenvalue weighted by Crippen LogP contribution is -2.31. The monoisotopic (exact) mass is 317 g/mol. The molecule has 2 rings (SSSR count). The first kappa shape index (κ1) is 16.6. The van der Waals surface area contributed by atoms with Gasteiger partial charge in [-0.25, -0.2) is 4.79 Å². The SMILES string of the molecule is COC(=O)c1ccc(C)c(OCC(=O)N[C@H](C)c2ccco2)c1. The van der Waals surface area contributed by atoms with Gasteiger partial charge in [0.2, 0.25) is 0 Å². The number of amides is 1. The standard InChI is InChI=1S/C17H19NO5/c1-11-6-7-13(17(20)21-3)9-15(11)23-10-16(19)18-12(2)14-5-4-8-22-14/h4-9,12H,10H2,1-3H3,(H,18,19)/t12-/m1/s1. The van der Waals surface area contributed by atoms with Crippen LogP contribution >= 0.6 is 0 Å². The highest BCUT2D eigenvalue weighted by Crippen LogP contribution is 2.20. The molecule has 0 saturated carbocycles. The van der Waals surface area contributed by atoms with Crippen molar-refractivity contribution in [3.05, 3.63) is 53.5 Å². The summed E-state index contributed by atoms with van der Waals surface area (Å²) in [4.78, 5) is 23.5. The van der Waals surface area contributed by atoms with Crippen LogP contribution in [0.3, 0.4) is 0 Å². The zero-order valence-electron chi connectivity index (χ0n) is 13.3. The smallest absolute Gasteiger partial charge is 0.337 e. The predicted octanol–water partition coefficient (Wildman–Crippen LogP) is 2.63. The summed E-state index contributed by atoms with van der Waals surface area (Å²) < 4.78 is 15.4. The second-order valence-electron chi connectivity index (χ2n) is 5.07. The summed E-state index contributed by atoms with van der Waals surface area (Å²) in [6.45, 7) is 3.50. The summed E-state index contributed by atoms with van der Waals surface area (Å²) >= 11 is 0. The van der Waals surface area contributed by atoms with Crippen LogP contribution in [0.25, 0.3) is 0 Å². The Morgan fingerprint density at radius 3 is 2.74 bits per heavy atom. The van der Waals surface area contributed by atoms with Crippen molar-refractivity contribution in [1.29, 1.82) is 0 Å². The molecule has 0 aliphatic rings. The molecule has 0 spiro atoms. The number of aryl methyl sites for hydroxylation is 1. The number of ether oxygens (including phenoxy) is 2. The lowest BCUT2D eigenvalue weighted by atomic mass is 10.1. The van der Waals surface area contributed by atoms with E-state index in [9.17, 15) is 9.59 Å². The molecular formula is C17H19NO5. The molecule has 0 saturated heterocycles. The Morgan fingerprint density at radius 1 is 1.30 bits per heavy atom. The molecule has 1 atom stereocenters. The van der Waals surface area contributed by atoms with Crippen LogP contribution in [0.15, 0.2) is 41.0 Å². The average molecular weight is 317 g/mol. The van der Waals surface area contributed by atoms with Gasteiger partial charge in [0.1, 0.15) is 11.5 Å². The van der Waals surface area contributed by atoms with Crippen molar-refractivity contribution >= 4 is 11.9 Å². The number of carbonyl (C=O) groups is 2. The van der Waals surface area contributed by atoms with E-state index in [1.165, 1.54) is 7.11 Å². The molecule has 1 aromatic carbocycles. The molecular weight excluding hydrogens is 298 g/mol. The Balaban J connectivity index is 1.94. The molecule has 6 heteroatoms. The number of nitrogens with one attached hydrogen (secondary N) is 1. The van der Waals surface area contributed by atoms with Gasteiger partial charge in [-0.2, -0.15) is 0 Å². The van der Waals surface area contributed by atoms with Crippen molar-refractivity contribution in [1.82, 2.24) is 5.32 Å². The number of methoxy groups -OCH3 is 1. The first-order valence-corrected chi connectivity index (χ1v) is 7.15. The van der Waals surface area contributed by atoms with Crippen LogP contribution in [0.2, 0.25) is 0 Å². The molecule has 2 aromatic rings. The number of hydrogen-bond donors (Lipinski definition) is 1. The molecule has 0 fully saturated rings. The van der Waals surface area contributed by atoms with Crippen LogP contribution < -0.4 is 10.1 Å². The van der Waals surface area contributed by atoms with Crippen LogP contribution in [-0.2, 0) is 9.53 Å². The zero-order chi connectivity index (χ0) is 16.8. The maximum atomic E-state index is 11.9. The van der Waals surface area contributed by atoms with Crippen LogP contribution in [0, 0.1) is 6.92 Å². The van der Waals surface area contributed by atoms with Crippen LogP contribution in [0.4, 0.5) is 0 Å². The summed E-state index contributed by atoms with van der Waals surface area (Å²) in [5.74, 6) is 0.401. The van der Waals surface area contributed by atoms with E-state index >= 15 is 0 Å². The normalized spacial score (nSPS) is 11.6. The fraction of sp³-hybridized carbons (Fsp3) is 0.294. The maximum absolute atomic E-state index is 11.9. The summed E-state index contributed by atoms with van der Waals surface area (Å²) in [6.07, 6.45) is 1.55.